The van der Waals surface area contributed by atoms with Crippen LogP contribution in [0.4, 0.5) is 0 Å². The Morgan fingerprint density at radius 1 is 1.89 bits per heavy atom. The molecule has 3 nitrogen and oxygen atoms in total. The number of ether oxygens (including phenoxy) is 1. The van der Waals surface area contributed by atoms with Gasteiger partial charge in [0, 0.05) is 6.08 Å². The molecule has 1 unspecified atom stereocenters. The standard InChI is InChI=1S/C5H8O3.Al.3H/c1-3-5(7)8-4(2)6;;;;/h3-4,6H,1H2,2H3;;;;. The molecule has 0 aromatic rings. The summed E-state index contributed by atoms with van der Waals surface area (Å²) in [6.07, 6.45) is -0.0484. The second-order valence-corrected chi connectivity index (χ2v) is 1.24. The highest BCUT2D eigenvalue weighted by Gasteiger charge is 1.97. The molecule has 9 heavy (non-hydrogen) atoms. The van der Waals surface area contributed by atoms with Gasteiger partial charge in [0.15, 0.2) is 23.7 Å². The van der Waals surface area contributed by atoms with Gasteiger partial charge in [0.1, 0.15) is 0 Å². The van der Waals surface area contributed by atoms with Crippen LogP contribution in [-0.2, 0) is 9.53 Å². The summed E-state index contributed by atoms with van der Waals surface area (Å²) in [5.74, 6) is -0.611. The van der Waals surface area contributed by atoms with Crippen LogP contribution in [0.15, 0.2) is 12.7 Å². The van der Waals surface area contributed by atoms with E-state index in [0.29, 0.717) is 0 Å². The lowest BCUT2D eigenvalue weighted by Gasteiger charge is -2.01. The van der Waals surface area contributed by atoms with E-state index >= 15 is 0 Å². The third-order valence-corrected chi connectivity index (χ3v) is 0.453. The molecule has 0 rings (SSSR count). The summed E-state index contributed by atoms with van der Waals surface area (Å²) in [4.78, 5) is 10.1. The Kier molecular flexibility index (Phi) is 7.45. The van der Waals surface area contributed by atoms with Crippen LogP contribution in [0, 0.1) is 0 Å². The third kappa shape index (κ3) is 7.70. The van der Waals surface area contributed by atoms with Crippen molar-refractivity contribution in [3.05, 3.63) is 12.7 Å². The van der Waals surface area contributed by atoms with Gasteiger partial charge in [-0.05, 0) is 6.92 Å². The summed E-state index contributed by atoms with van der Waals surface area (Å²) >= 11 is 0. The fourth-order valence-corrected chi connectivity index (χ4v) is 0.216. The Labute approximate surface area is 64.5 Å². The van der Waals surface area contributed by atoms with Crippen molar-refractivity contribution in [3.8, 4) is 0 Å². The maximum atomic E-state index is 10.1. The molecule has 0 radical (unpaired) electrons. The van der Waals surface area contributed by atoms with Crippen molar-refractivity contribution >= 4 is 23.3 Å². The predicted molar refractivity (Wildman–Crippen MR) is 37.9 cm³/mol. The summed E-state index contributed by atoms with van der Waals surface area (Å²) in [6.45, 7) is 4.48. The van der Waals surface area contributed by atoms with Crippen molar-refractivity contribution < 1.29 is 14.6 Å². The van der Waals surface area contributed by atoms with E-state index in [4.69, 9.17) is 5.11 Å². The summed E-state index contributed by atoms with van der Waals surface area (Å²) in [6, 6.07) is 0. The largest absolute Gasteiger partial charge is 0.433 e. The van der Waals surface area contributed by atoms with Gasteiger partial charge in [-0.1, -0.05) is 6.58 Å². The smallest absolute Gasteiger partial charge is 0.332 e. The Balaban J connectivity index is 0. The van der Waals surface area contributed by atoms with Crippen LogP contribution in [0.3, 0.4) is 0 Å². The number of aliphatic hydroxyl groups excluding tert-OH is 1. The molecule has 0 aromatic heterocycles. The molecule has 0 aliphatic rings. The Hall–Kier alpha value is -0.298. The van der Waals surface area contributed by atoms with Gasteiger partial charge in [-0.2, -0.15) is 0 Å². The Bertz CT molecular complexity index is 100. The molecular formula is C5H11AlO3. The highest BCUT2D eigenvalue weighted by molar-refractivity contribution is 5.81. The zero-order valence-electron chi connectivity index (χ0n) is 4.63. The molecule has 0 spiro atoms. The molecular weight excluding hydrogens is 135 g/mol. The quantitative estimate of drug-likeness (QED) is 0.232. The summed E-state index contributed by atoms with van der Waals surface area (Å²) < 4.78 is 4.20. The third-order valence-electron chi connectivity index (χ3n) is 0.453. The van der Waals surface area contributed by atoms with Gasteiger partial charge in [0.25, 0.3) is 0 Å². The normalized spacial score (nSPS) is 10.9. The van der Waals surface area contributed by atoms with Gasteiger partial charge in [0.05, 0.1) is 0 Å². The average Bonchev–Trinajstić information content (AvgIpc) is 1.65. The summed E-state index contributed by atoms with van der Waals surface area (Å²) in [7, 11) is 0. The van der Waals surface area contributed by atoms with Gasteiger partial charge in [-0.3, -0.25) is 0 Å². The second kappa shape index (κ2) is 5.83. The number of aliphatic hydroxyl groups is 1. The van der Waals surface area contributed by atoms with Gasteiger partial charge in [-0.15, -0.1) is 0 Å². The van der Waals surface area contributed by atoms with Crippen LogP contribution in [0.5, 0.6) is 0 Å². The lowest BCUT2D eigenvalue weighted by Crippen LogP contribution is -2.10. The summed E-state index contributed by atoms with van der Waals surface area (Å²) in [5, 5.41) is 8.36. The fourth-order valence-electron chi connectivity index (χ4n) is 0.216. The summed E-state index contributed by atoms with van der Waals surface area (Å²) in [5.41, 5.74) is 0. The zero-order valence-corrected chi connectivity index (χ0v) is 4.63. The molecule has 0 aliphatic heterocycles. The van der Waals surface area contributed by atoms with E-state index in [1.54, 1.807) is 0 Å². The number of carbonyl (C=O) groups excluding carboxylic acids is 1. The second-order valence-electron chi connectivity index (χ2n) is 1.24. The highest BCUT2D eigenvalue weighted by atomic mass is 27.0. The molecule has 0 saturated heterocycles. The first-order valence-electron chi connectivity index (χ1n) is 2.18. The monoisotopic (exact) mass is 146 g/mol. The van der Waals surface area contributed by atoms with Gasteiger partial charge in [0.2, 0.25) is 0 Å². The number of rotatable bonds is 2. The minimum absolute atomic E-state index is 0. The first kappa shape index (κ1) is 11.5. The predicted octanol–water partition coefficient (Wildman–Crippen LogP) is -1.13. The van der Waals surface area contributed by atoms with Crippen molar-refractivity contribution in [3.63, 3.8) is 0 Å². The highest BCUT2D eigenvalue weighted by Crippen LogP contribution is 1.84. The van der Waals surface area contributed by atoms with Crippen molar-refractivity contribution in [1.82, 2.24) is 0 Å². The molecule has 52 valence electrons. The molecule has 0 bridgehead atoms. The van der Waals surface area contributed by atoms with Crippen LogP contribution in [0.25, 0.3) is 0 Å². The van der Waals surface area contributed by atoms with Gasteiger partial charge in [-0.25, -0.2) is 4.79 Å². The van der Waals surface area contributed by atoms with Crippen molar-refractivity contribution in [2.24, 2.45) is 0 Å². The molecule has 4 heteroatoms. The van der Waals surface area contributed by atoms with E-state index < -0.39 is 12.3 Å². The average molecular weight is 146 g/mol. The lowest BCUT2D eigenvalue weighted by molar-refractivity contribution is -0.158. The van der Waals surface area contributed by atoms with Crippen molar-refractivity contribution in [1.29, 1.82) is 0 Å². The number of hydrogen-bond acceptors (Lipinski definition) is 3. The first-order valence-corrected chi connectivity index (χ1v) is 2.18. The molecule has 0 amide bonds. The SMILES string of the molecule is C=CC(=O)OC(C)O.[AlH3]. The van der Waals surface area contributed by atoms with E-state index in [1.165, 1.54) is 6.92 Å². The minimum Gasteiger partial charge on any atom is -0.433 e. The van der Waals surface area contributed by atoms with Crippen LogP contribution in [0.1, 0.15) is 6.92 Å². The Morgan fingerprint density at radius 2 is 2.33 bits per heavy atom. The topological polar surface area (TPSA) is 46.5 Å². The van der Waals surface area contributed by atoms with Crippen LogP contribution < -0.4 is 0 Å². The minimum atomic E-state index is -1.04. The first-order chi connectivity index (χ1) is 3.66. The van der Waals surface area contributed by atoms with Crippen molar-refractivity contribution in [2.45, 2.75) is 13.2 Å². The van der Waals surface area contributed by atoms with E-state index in [1.807, 2.05) is 0 Å². The Morgan fingerprint density at radius 3 is 2.44 bits per heavy atom. The van der Waals surface area contributed by atoms with Crippen LogP contribution in [0.2, 0.25) is 0 Å². The molecule has 0 aromatic carbocycles. The molecule has 0 saturated carbocycles. The number of esters is 1. The number of hydrogen-bond donors (Lipinski definition) is 1. The molecule has 1 atom stereocenters. The van der Waals surface area contributed by atoms with Crippen LogP contribution in [-0.4, -0.2) is 34.7 Å². The maximum absolute atomic E-state index is 10.1. The molecule has 1 N–H and O–H groups in total. The molecule has 0 aliphatic carbocycles. The van der Waals surface area contributed by atoms with E-state index in [0.717, 1.165) is 6.08 Å². The fraction of sp³-hybridized carbons (Fsp3) is 0.400. The number of carbonyl (C=O) groups is 1. The van der Waals surface area contributed by atoms with Gasteiger partial charge >= 0.3 is 5.97 Å². The zero-order chi connectivity index (χ0) is 6.57. The van der Waals surface area contributed by atoms with Crippen molar-refractivity contribution in [2.75, 3.05) is 0 Å². The van der Waals surface area contributed by atoms with E-state index in [9.17, 15) is 4.79 Å². The van der Waals surface area contributed by atoms with E-state index in [-0.39, 0.29) is 17.4 Å². The van der Waals surface area contributed by atoms with Crippen LogP contribution >= 0.6 is 0 Å². The van der Waals surface area contributed by atoms with E-state index in [2.05, 4.69) is 11.3 Å². The maximum Gasteiger partial charge on any atom is 0.332 e. The van der Waals surface area contributed by atoms with Gasteiger partial charge < -0.3 is 9.84 Å². The lowest BCUT2D eigenvalue weighted by atomic mass is 10.6. The molecule has 0 fully saturated rings. The molecule has 0 heterocycles.